The number of anilines is 1. The van der Waals surface area contributed by atoms with Gasteiger partial charge in [0.25, 0.3) is 0 Å². The van der Waals surface area contributed by atoms with Crippen molar-refractivity contribution in [3.8, 4) is 0 Å². The fraction of sp³-hybridized carbons (Fsp3) is 0.571. The molecule has 0 aliphatic carbocycles. The van der Waals surface area contributed by atoms with Crippen molar-refractivity contribution in [2.75, 3.05) is 30.3 Å². The molecule has 0 unspecified atom stereocenters. The van der Waals surface area contributed by atoms with Gasteiger partial charge >= 0.3 is 0 Å². The van der Waals surface area contributed by atoms with E-state index in [-0.39, 0.29) is 5.91 Å². The van der Waals surface area contributed by atoms with E-state index < -0.39 is 0 Å². The molecule has 1 aromatic rings. The van der Waals surface area contributed by atoms with Crippen molar-refractivity contribution >= 4 is 24.2 Å². The molecule has 1 N–H and O–H groups in total. The molecule has 1 aromatic heterocycles. The Bertz CT molecular complexity index is 391. The van der Waals surface area contributed by atoms with Crippen LogP contribution in [-0.4, -0.2) is 36.3 Å². The topological polar surface area (TPSA) is 45.2 Å². The molecule has 19 heavy (non-hydrogen) atoms. The highest BCUT2D eigenvalue weighted by atomic mass is 32.1. The molecule has 1 fully saturated rings. The first-order chi connectivity index (χ1) is 9.29. The van der Waals surface area contributed by atoms with E-state index >= 15 is 0 Å². The monoisotopic (exact) mass is 279 g/mol. The number of amides is 1. The van der Waals surface area contributed by atoms with Gasteiger partial charge in [0.05, 0.1) is 0 Å². The minimum atomic E-state index is 0.117. The van der Waals surface area contributed by atoms with Crippen LogP contribution in [0.15, 0.2) is 24.5 Å². The minimum Gasteiger partial charge on any atom is -0.371 e. The maximum atomic E-state index is 11.4. The van der Waals surface area contributed by atoms with Crippen LogP contribution in [0.5, 0.6) is 0 Å². The first-order valence-corrected chi connectivity index (χ1v) is 7.45. The van der Waals surface area contributed by atoms with Gasteiger partial charge in [0.15, 0.2) is 0 Å². The summed E-state index contributed by atoms with van der Waals surface area (Å²) in [5.74, 6) is 1.33. The Hall–Kier alpha value is -1.23. The van der Waals surface area contributed by atoms with E-state index in [0.29, 0.717) is 18.1 Å². The first kappa shape index (κ1) is 14.2. The summed E-state index contributed by atoms with van der Waals surface area (Å²) >= 11 is 4.06. The van der Waals surface area contributed by atoms with E-state index in [4.69, 9.17) is 0 Å². The summed E-state index contributed by atoms with van der Waals surface area (Å²) < 4.78 is 0. The fourth-order valence-corrected chi connectivity index (χ4v) is 2.60. The molecule has 4 nitrogen and oxygen atoms in total. The van der Waals surface area contributed by atoms with Gasteiger partial charge in [-0.15, -0.1) is 0 Å². The minimum absolute atomic E-state index is 0.117. The maximum absolute atomic E-state index is 11.4. The van der Waals surface area contributed by atoms with E-state index in [1.807, 2.05) is 12.4 Å². The predicted molar refractivity (Wildman–Crippen MR) is 80.7 cm³/mol. The Labute approximate surface area is 120 Å². The van der Waals surface area contributed by atoms with Crippen molar-refractivity contribution in [2.24, 2.45) is 5.92 Å². The number of pyridine rings is 1. The largest absolute Gasteiger partial charge is 0.371 e. The number of hydrogen-bond acceptors (Lipinski definition) is 4. The van der Waals surface area contributed by atoms with Crippen LogP contribution in [0.1, 0.15) is 19.3 Å². The van der Waals surface area contributed by atoms with Crippen molar-refractivity contribution < 1.29 is 4.79 Å². The molecule has 1 saturated heterocycles. The molecular formula is C14H21N3OS. The number of carbonyl (C=O) groups is 1. The lowest BCUT2D eigenvalue weighted by Crippen LogP contribution is -2.38. The normalized spacial score (nSPS) is 16.4. The van der Waals surface area contributed by atoms with Gasteiger partial charge in [-0.1, -0.05) is 0 Å². The number of nitrogens with one attached hydrogen (secondary N) is 1. The molecule has 2 rings (SSSR count). The highest BCUT2D eigenvalue weighted by molar-refractivity contribution is 7.80. The Morgan fingerprint density at radius 1 is 1.37 bits per heavy atom. The summed E-state index contributed by atoms with van der Waals surface area (Å²) in [7, 11) is 0. The second-order valence-corrected chi connectivity index (χ2v) is 5.36. The third-order valence-corrected chi connectivity index (χ3v) is 3.79. The summed E-state index contributed by atoms with van der Waals surface area (Å²) in [5.41, 5.74) is 1.24. The van der Waals surface area contributed by atoms with Crippen LogP contribution in [0, 0.1) is 5.92 Å². The van der Waals surface area contributed by atoms with Gasteiger partial charge in [0.2, 0.25) is 5.91 Å². The summed E-state index contributed by atoms with van der Waals surface area (Å²) in [6.07, 6.45) is 6.43. The summed E-state index contributed by atoms with van der Waals surface area (Å²) in [5, 5.41) is 2.99. The Morgan fingerprint density at radius 3 is 2.68 bits per heavy atom. The van der Waals surface area contributed by atoms with Crippen LogP contribution < -0.4 is 10.2 Å². The molecule has 104 valence electrons. The number of hydrogen-bond donors (Lipinski definition) is 2. The average molecular weight is 279 g/mol. The molecule has 0 saturated carbocycles. The van der Waals surface area contributed by atoms with Gasteiger partial charge in [0.1, 0.15) is 0 Å². The van der Waals surface area contributed by atoms with Crippen molar-refractivity contribution in [1.29, 1.82) is 0 Å². The van der Waals surface area contributed by atoms with Crippen molar-refractivity contribution in [3.05, 3.63) is 24.5 Å². The molecular weight excluding hydrogens is 258 g/mol. The van der Waals surface area contributed by atoms with Crippen molar-refractivity contribution in [2.45, 2.75) is 19.3 Å². The van der Waals surface area contributed by atoms with Gasteiger partial charge < -0.3 is 10.2 Å². The highest BCUT2D eigenvalue weighted by Gasteiger charge is 2.19. The molecule has 0 spiro atoms. The van der Waals surface area contributed by atoms with Crippen LogP contribution in [0.25, 0.3) is 0 Å². The van der Waals surface area contributed by atoms with Crippen LogP contribution in [0.2, 0.25) is 0 Å². The second-order valence-electron chi connectivity index (χ2n) is 4.91. The molecule has 1 amide bonds. The van der Waals surface area contributed by atoms with Gasteiger partial charge in [-0.05, 0) is 36.6 Å². The third kappa shape index (κ3) is 4.42. The lowest BCUT2D eigenvalue weighted by atomic mass is 9.96. The molecule has 0 bridgehead atoms. The van der Waals surface area contributed by atoms with Crippen LogP contribution in [0.3, 0.4) is 0 Å². The lowest BCUT2D eigenvalue weighted by Gasteiger charge is -2.33. The van der Waals surface area contributed by atoms with E-state index in [9.17, 15) is 4.79 Å². The summed E-state index contributed by atoms with van der Waals surface area (Å²) in [4.78, 5) is 17.8. The standard InChI is InChI=1S/C14H21N3OS/c18-14(5-10-19)16-11-12-3-8-17(9-4-12)13-1-6-15-7-2-13/h1-2,6-7,12,19H,3-5,8-11H2,(H,16,18). The molecule has 1 aliphatic heterocycles. The van der Waals surface area contributed by atoms with Crippen LogP contribution in [-0.2, 0) is 4.79 Å². The first-order valence-electron chi connectivity index (χ1n) is 6.82. The Kier molecular flexibility index (Phi) is 5.51. The molecule has 0 atom stereocenters. The van der Waals surface area contributed by atoms with Crippen molar-refractivity contribution in [1.82, 2.24) is 10.3 Å². The number of piperidine rings is 1. The Balaban J connectivity index is 1.72. The second kappa shape index (κ2) is 7.38. The quantitative estimate of drug-likeness (QED) is 0.807. The van der Waals surface area contributed by atoms with E-state index in [1.165, 1.54) is 5.69 Å². The summed E-state index contributed by atoms with van der Waals surface area (Å²) in [6, 6.07) is 4.10. The average Bonchev–Trinajstić information content (AvgIpc) is 2.47. The molecule has 2 heterocycles. The van der Waals surface area contributed by atoms with Gasteiger partial charge in [0, 0.05) is 44.1 Å². The van der Waals surface area contributed by atoms with Gasteiger partial charge in [-0.3, -0.25) is 9.78 Å². The zero-order valence-electron chi connectivity index (χ0n) is 11.1. The Morgan fingerprint density at radius 2 is 2.05 bits per heavy atom. The number of thiol groups is 1. The van der Waals surface area contributed by atoms with Crippen LogP contribution >= 0.6 is 12.6 Å². The zero-order chi connectivity index (χ0) is 13.5. The number of rotatable bonds is 5. The van der Waals surface area contributed by atoms with Gasteiger partial charge in [-0.25, -0.2) is 0 Å². The van der Waals surface area contributed by atoms with Crippen molar-refractivity contribution in [3.63, 3.8) is 0 Å². The molecule has 1 aliphatic rings. The van der Waals surface area contributed by atoms with Gasteiger partial charge in [-0.2, -0.15) is 12.6 Å². The summed E-state index contributed by atoms with van der Waals surface area (Å²) in [6.45, 7) is 2.91. The SMILES string of the molecule is O=C(CCS)NCC1CCN(c2ccncc2)CC1. The van der Waals surface area contributed by atoms with E-state index in [2.05, 4.69) is 40.0 Å². The van der Waals surface area contributed by atoms with E-state index in [1.54, 1.807) is 0 Å². The lowest BCUT2D eigenvalue weighted by molar-refractivity contribution is -0.120. The zero-order valence-corrected chi connectivity index (χ0v) is 12.0. The van der Waals surface area contributed by atoms with Crippen LogP contribution in [0.4, 0.5) is 5.69 Å². The fourth-order valence-electron chi connectivity index (χ4n) is 2.40. The van der Waals surface area contributed by atoms with E-state index in [0.717, 1.165) is 32.5 Å². The smallest absolute Gasteiger partial charge is 0.220 e. The molecule has 0 radical (unpaired) electrons. The highest BCUT2D eigenvalue weighted by Crippen LogP contribution is 2.22. The third-order valence-electron chi connectivity index (χ3n) is 3.57. The number of aromatic nitrogens is 1. The predicted octanol–water partition coefficient (Wildman–Crippen LogP) is 1.73. The number of carbonyl (C=O) groups excluding carboxylic acids is 1. The maximum Gasteiger partial charge on any atom is 0.220 e. The molecule has 5 heteroatoms. The number of nitrogens with zero attached hydrogens (tertiary/aromatic N) is 2. The molecule has 0 aromatic carbocycles.